The van der Waals surface area contributed by atoms with Crippen LogP contribution in [0.15, 0.2) is 0 Å². The van der Waals surface area contributed by atoms with Crippen molar-refractivity contribution in [1.82, 2.24) is 0 Å². The molecule has 3 nitrogen and oxygen atoms in total. The summed E-state index contributed by atoms with van der Waals surface area (Å²) in [4.78, 5) is 10.0. The Balaban J connectivity index is 3.32. The SMILES string of the molecule is C[Se]C[C@H]([NH3+])C(=O)O. The molecule has 0 aliphatic carbocycles. The molecule has 0 unspecified atom stereocenters. The number of rotatable bonds is 3. The number of hydrogen-bond acceptors (Lipinski definition) is 1. The van der Waals surface area contributed by atoms with E-state index in [-0.39, 0.29) is 6.04 Å². The molecular weight excluding hydrogens is 173 g/mol. The van der Waals surface area contributed by atoms with Crippen molar-refractivity contribution in [3.63, 3.8) is 0 Å². The van der Waals surface area contributed by atoms with Crippen LogP contribution in [-0.4, -0.2) is 32.1 Å². The third kappa shape index (κ3) is 3.02. The van der Waals surface area contributed by atoms with Crippen molar-refractivity contribution in [2.45, 2.75) is 17.2 Å². The van der Waals surface area contributed by atoms with Crippen molar-refractivity contribution in [3.05, 3.63) is 0 Å². The third-order valence-electron chi connectivity index (χ3n) is 0.717. The molecule has 0 rings (SSSR count). The molecule has 0 amide bonds. The molecule has 0 aromatic rings. The van der Waals surface area contributed by atoms with Crippen LogP contribution in [0, 0.1) is 0 Å². The first-order chi connectivity index (χ1) is 3.68. The van der Waals surface area contributed by atoms with E-state index in [0.717, 1.165) is 5.32 Å². The topological polar surface area (TPSA) is 64.9 Å². The maximum atomic E-state index is 10.0. The Hall–Kier alpha value is -0.0505. The number of carbonyl (C=O) groups is 1. The summed E-state index contributed by atoms with van der Waals surface area (Å²) in [5.74, 6) is 1.22. The van der Waals surface area contributed by atoms with Crippen LogP contribution in [0.5, 0.6) is 0 Å². The van der Waals surface area contributed by atoms with Crippen LogP contribution in [0.3, 0.4) is 0 Å². The Bertz CT molecular complexity index is 86.1. The van der Waals surface area contributed by atoms with E-state index in [0.29, 0.717) is 15.0 Å². The molecule has 4 heteroatoms. The molecule has 0 spiro atoms. The Morgan fingerprint density at radius 1 is 2.00 bits per heavy atom. The molecule has 0 aromatic carbocycles. The molecule has 0 bridgehead atoms. The maximum absolute atomic E-state index is 10.0. The molecule has 0 saturated carbocycles. The fraction of sp³-hybridized carbons (Fsp3) is 0.750. The second-order valence-electron chi connectivity index (χ2n) is 1.49. The van der Waals surface area contributed by atoms with Gasteiger partial charge in [-0.15, -0.1) is 0 Å². The fourth-order valence-electron chi connectivity index (χ4n) is 0.272. The second kappa shape index (κ2) is 3.89. The summed E-state index contributed by atoms with van der Waals surface area (Å²) in [6.45, 7) is 0. The van der Waals surface area contributed by atoms with Gasteiger partial charge in [0.2, 0.25) is 0 Å². The van der Waals surface area contributed by atoms with Gasteiger partial charge in [0, 0.05) is 0 Å². The number of carboxylic acids is 1. The average Bonchev–Trinajstić information content (AvgIpc) is 1.67. The van der Waals surface area contributed by atoms with Crippen molar-refractivity contribution in [3.8, 4) is 0 Å². The first-order valence-electron chi connectivity index (χ1n) is 2.23. The van der Waals surface area contributed by atoms with E-state index < -0.39 is 5.97 Å². The van der Waals surface area contributed by atoms with Crippen LogP contribution in [0.1, 0.15) is 0 Å². The predicted molar refractivity (Wildman–Crippen MR) is 30.7 cm³/mol. The van der Waals surface area contributed by atoms with Crippen LogP contribution in [0.2, 0.25) is 11.1 Å². The van der Waals surface area contributed by atoms with E-state index in [4.69, 9.17) is 5.11 Å². The summed E-state index contributed by atoms with van der Waals surface area (Å²) in [5.41, 5.74) is 3.44. The standard InChI is InChI=1S/C4H9NO2Se/c1-8-2-3(5)4(6)7/h3H,2,5H2,1H3,(H,6,7)/p+1/t3-/m0/s1. The molecular formula is C4H10NO2Se+. The van der Waals surface area contributed by atoms with Crippen LogP contribution in [0.4, 0.5) is 0 Å². The zero-order chi connectivity index (χ0) is 6.57. The van der Waals surface area contributed by atoms with Gasteiger partial charge in [0.05, 0.1) is 0 Å². The first-order valence-corrected chi connectivity index (χ1v) is 5.15. The van der Waals surface area contributed by atoms with Gasteiger partial charge in [0.1, 0.15) is 0 Å². The summed E-state index contributed by atoms with van der Waals surface area (Å²) < 4.78 is 0. The van der Waals surface area contributed by atoms with Gasteiger partial charge in [-0.1, -0.05) is 0 Å². The van der Waals surface area contributed by atoms with E-state index in [9.17, 15) is 4.79 Å². The molecule has 0 aromatic heterocycles. The Kier molecular flexibility index (Phi) is 3.87. The zero-order valence-corrected chi connectivity index (χ0v) is 6.47. The van der Waals surface area contributed by atoms with Crippen LogP contribution in [0.25, 0.3) is 0 Å². The molecule has 0 saturated heterocycles. The van der Waals surface area contributed by atoms with E-state index in [1.807, 2.05) is 5.82 Å². The quantitative estimate of drug-likeness (QED) is 0.543. The van der Waals surface area contributed by atoms with E-state index >= 15 is 0 Å². The van der Waals surface area contributed by atoms with E-state index in [1.165, 1.54) is 0 Å². The van der Waals surface area contributed by atoms with Gasteiger partial charge < -0.3 is 0 Å². The predicted octanol–water partition coefficient (Wildman–Crippen LogP) is -1.15. The number of aliphatic carboxylic acids is 1. The number of quaternary nitrogens is 1. The molecule has 48 valence electrons. The summed E-state index contributed by atoms with van der Waals surface area (Å²) in [6.07, 6.45) is 0. The molecule has 0 fully saturated rings. The third-order valence-corrected chi connectivity index (χ3v) is 2.26. The first kappa shape index (κ1) is 7.95. The van der Waals surface area contributed by atoms with Crippen LogP contribution in [-0.2, 0) is 4.79 Å². The monoisotopic (exact) mass is 184 g/mol. The molecule has 0 radical (unpaired) electrons. The number of hydrogen-bond donors (Lipinski definition) is 2. The zero-order valence-electron chi connectivity index (χ0n) is 4.76. The second-order valence-corrected chi connectivity index (χ2v) is 3.40. The Morgan fingerprint density at radius 3 is 2.62 bits per heavy atom. The normalized spacial score (nSPS) is 13.2. The molecule has 0 aliphatic rings. The van der Waals surface area contributed by atoms with Gasteiger partial charge >= 0.3 is 53.7 Å². The van der Waals surface area contributed by atoms with Crippen molar-refractivity contribution in [2.75, 3.05) is 0 Å². The van der Waals surface area contributed by atoms with Crippen molar-refractivity contribution >= 4 is 20.9 Å². The Labute approximate surface area is 54.4 Å². The molecule has 4 N–H and O–H groups in total. The van der Waals surface area contributed by atoms with Gasteiger partial charge in [-0.3, -0.25) is 0 Å². The van der Waals surface area contributed by atoms with E-state index in [2.05, 4.69) is 5.73 Å². The molecule has 1 atom stereocenters. The molecule has 0 heterocycles. The summed E-state index contributed by atoms with van der Waals surface area (Å²) in [6, 6.07) is -0.389. The average molecular weight is 183 g/mol. The van der Waals surface area contributed by atoms with Gasteiger partial charge in [0.25, 0.3) is 0 Å². The van der Waals surface area contributed by atoms with Gasteiger partial charge in [-0.25, -0.2) is 0 Å². The Morgan fingerprint density at radius 2 is 2.50 bits per heavy atom. The fourth-order valence-corrected chi connectivity index (χ4v) is 1.42. The summed E-state index contributed by atoms with van der Waals surface area (Å²) >= 11 is 0.435. The summed E-state index contributed by atoms with van der Waals surface area (Å²) in [5, 5.41) is 9.00. The van der Waals surface area contributed by atoms with Crippen molar-refractivity contribution < 1.29 is 15.6 Å². The minimum atomic E-state index is -0.784. The van der Waals surface area contributed by atoms with Crippen LogP contribution >= 0.6 is 0 Å². The number of carboxylic acid groups (broad SMARTS) is 1. The molecule has 8 heavy (non-hydrogen) atoms. The van der Waals surface area contributed by atoms with Crippen LogP contribution < -0.4 is 5.73 Å². The van der Waals surface area contributed by atoms with Crippen molar-refractivity contribution in [1.29, 1.82) is 0 Å². The molecule has 0 aliphatic heterocycles. The van der Waals surface area contributed by atoms with Gasteiger partial charge in [-0.2, -0.15) is 0 Å². The minimum absolute atomic E-state index is 0.389. The van der Waals surface area contributed by atoms with Gasteiger partial charge in [0.15, 0.2) is 0 Å². The van der Waals surface area contributed by atoms with Gasteiger partial charge in [-0.05, 0) is 0 Å². The van der Waals surface area contributed by atoms with Crippen molar-refractivity contribution in [2.24, 2.45) is 0 Å². The summed E-state index contributed by atoms with van der Waals surface area (Å²) in [7, 11) is 0. The van der Waals surface area contributed by atoms with E-state index in [1.54, 1.807) is 0 Å².